The van der Waals surface area contributed by atoms with Crippen LogP contribution in [-0.4, -0.2) is 43.5 Å². The van der Waals surface area contributed by atoms with Crippen molar-refractivity contribution in [1.29, 1.82) is 0 Å². The van der Waals surface area contributed by atoms with E-state index in [4.69, 9.17) is 0 Å². The smallest absolute Gasteiger partial charge is 0.384 e. The van der Waals surface area contributed by atoms with Gasteiger partial charge in [-0.1, -0.05) is 0 Å². The van der Waals surface area contributed by atoms with Crippen molar-refractivity contribution < 1.29 is 21.6 Å². The minimum absolute atomic E-state index is 0.0970. The van der Waals surface area contributed by atoms with Crippen LogP contribution in [0.25, 0.3) is 0 Å². The molecule has 2 aliphatic heterocycles. The van der Waals surface area contributed by atoms with Gasteiger partial charge in [0.25, 0.3) is 10.0 Å². The van der Waals surface area contributed by atoms with Gasteiger partial charge in [-0.3, -0.25) is 9.62 Å². The fraction of sp³-hybridized carbons (Fsp3) is 0.526. The zero-order valence-electron chi connectivity index (χ0n) is 16.3. The van der Waals surface area contributed by atoms with E-state index in [0.717, 1.165) is 37.1 Å². The summed E-state index contributed by atoms with van der Waals surface area (Å²) in [5.74, 6) is 0.283. The third-order valence-corrected chi connectivity index (χ3v) is 8.14. The third-order valence-electron chi connectivity index (χ3n) is 5.99. The zero-order valence-corrected chi connectivity index (χ0v) is 17.9. The van der Waals surface area contributed by atoms with E-state index in [-0.39, 0.29) is 16.7 Å². The maximum absolute atomic E-state index is 13.7. The first kappa shape index (κ1) is 21.4. The van der Waals surface area contributed by atoms with Crippen LogP contribution in [0, 0.1) is 5.92 Å². The highest BCUT2D eigenvalue weighted by Crippen LogP contribution is 2.39. The summed E-state index contributed by atoms with van der Waals surface area (Å²) in [6, 6.07) is 4.00. The lowest BCUT2D eigenvalue weighted by atomic mass is 9.98. The molecule has 2 unspecified atom stereocenters. The number of thiazole rings is 1. The molecule has 2 fully saturated rings. The zero-order chi connectivity index (χ0) is 21.5. The van der Waals surface area contributed by atoms with Crippen LogP contribution in [0.4, 0.5) is 24.0 Å². The number of rotatable bonds is 6. The Bertz CT molecular complexity index is 996. The quantitative estimate of drug-likeness (QED) is 0.674. The van der Waals surface area contributed by atoms with Crippen molar-refractivity contribution in [3.05, 3.63) is 35.3 Å². The molecule has 3 heterocycles. The SMILES string of the molecule is CC1CCC2[C@H](CNc3ccc(S(=O)(=O)Nc4nccs4)cc3C(F)(F)F)CCN12. The van der Waals surface area contributed by atoms with E-state index in [1.165, 1.54) is 18.3 Å². The standard InChI is InChI=1S/C19H23F3N4O2S2/c1-12-2-5-17-13(6-8-26(12)17)11-24-16-4-3-14(10-15(16)19(20,21)22)30(27,28)25-18-23-7-9-29-18/h3-4,7,9-10,12-13,17,24H,2,5-6,8,11H2,1H3,(H,23,25)/t12?,13-,17?/m0/s1. The molecule has 0 aliphatic carbocycles. The molecule has 0 radical (unpaired) electrons. The van der Waals surface area contributed by atoms with Gasteiger partial charge in [-0.25, -0.2) is 13.4 Å². The summed E-state index contributed by atoms with van der Waals surface area (Å²) >= 11 is 1.05. The van der Waals surface area contributed by atoms with E-state index in [2.05, 4.69) is 26.8 Å². The number of sulfonamides is 1. The third kappa shape index (κ3) is 4.28. The molecule has 164 valence electrons. The molecule has 0 amide bonds. The molecular formula is C19H23F3N4O2S2. The summed E-state index contributed by atoms with van der Waals surface area (Å²) in [6.45, 7) is 3.60. The number of hydrogen-bond acceptors (Lipinski definition) is 6. The molecule has 0 spiro atoms. The maximum atomic E-state index is 13.7. The molecule has 3 atom stereocenters. The maximum Gasteiger partial charge on any atom is 0.418 e. The average molecular weight is 461 g/mol. The van der Waals surface area contributed by atoms with Crippen LogP contribution >= 0.6 is 11.3 Å². The number of halogens is 3. The Labute approximate surface area is 177 Å². The summed E-state index contributed by atoms with van der Waals surface area (Å²) in [5.41, 5.74) is -1.08. The van der Waals surface area contributed by atoms with Crippen LogP contribution in [0.2, 0.25) is 0 Å². The fourth-order valence-electron chi connectivity index (χ4n) is 4.48. The van der Waals surface area contributed by atoms with Gasteiger partial charge in [0.05, 0.1) is 10.5 Å². The minimum atomic E-state index is -4.68. The normalized spacial score (nSPS) is 24.7. The topological polar surface area (TPSA) is 74.3 Å². The van der Waals surface area contributed by atoms with Gasteiger partial charge in [-0.2, -0.15) is 13.2 Å². The first-order valence-corrected chi connectivity index (χ1v) is 12.1. The summed E-state index contributed by atoms with van der Waals surface area (Å²) in [7, 11) is -4.17. The van der Waals surface area contributed by atoms with Crippen molar-refractivity contribution >= 4 is 32.2 Å². The second-order valence-corrected chi connectivity index (χ2v) is 10.4. The van der Waals surface area contributed by atoms with E-state index in [9.17, 15) is 21.6 Å². The van der Waals surface area contributed by atoms with Crippen molar-refractivity contribution in [2.45, 2.75) is 49.3 Å². The molecule has 1 aromatic heterocycles. The Morgan fingerprint density at radius 1 is 1.27 bits per heavy atom. The fourth-order valence-corrected chi connectivity index (χ4v) is 6.29. The van der Waals surface area contributed by atoms with Crippen LogP contribution in [0.15, 0.2) is 34.7 Å². The van der Waals surface area contributed by atoms with E-state index < -0.39 is 26.7 Å². The first-order chi connectivity index (χ1) is 14.1. The lowest BCUT2D eigenvalue weighted by molar-refractivity contribution is -0.137. The molecule has 0 saturated carbocycles. The lowest BCUT2D eigenvalue weighted by Crippen LogP contribution is -2.33. The highest BCUT2D eigenvalue weighted by Gasteiger charge is 2.41. The number of anilines is 2. The number of nitrogens with zero attached hydrogens (tertiary/aromatic N) is 2. The number of benzene rings is 1. The Morgan fingerprint density at radius 2 is 2.07 bits per heavy atom. The van der Waals surface area contributed by atoms with Crippen LogP contribution < -0.4 is 10.0 Å². The Morgan fingerprint density at radius 3 is 2.77 bits per heavy atom. The Balaban J connectivity index is 1.53. The van der Waals surface area contributed by atoms with Gasteiger partial charge in [-0.05, 0) is 56.8 Å². The van der Waals surface area contributed by atoms with Gasteiger partial charge < -0.3 is 5.32 Å². The molecule has 30 heavy (non-hydrogen) atoms. The van der Waals surface area contributed by atoms with Gasteiger partial charge in [0.2, 0.25) is 0 Å². The molecule has 2 saturated heterocycles. The predicted molar refractivity (Wildman–Crippen MR) is 110 cm³/mol. The van der Waals surface area contributed by atoms with Crippen molar-refractivity contribution in [2.24, 2.45) is 5.92 Å². The molecule has 1 aromatic carbocycles. The van der Waals surface area contributed by atoms with Gasteiger partial charge >= 0.3 is 6.18 Å². The van der Waals surface area contributed by atoms with E-state index >= 15 is 0 Å². The van der Waals surface area contributed by atoms with Gasteiger partial charge in [0.15, 0.2) is 5.13 Å². The second kappa shape index (κ2) is 8.01. The van der Waals surface area contributed by atoms with E-state index in [1.54, 1.807) is 5.38 Å². The van der Waals surface area contributed by atoms with Crippen LogP contribution in [0.1, 0.15) is 31.7 Å². The number of fused-ring (bicyclic) bond motifs is 1. The molecule has 11 heteroatoms. The number of alkyl halides is 3. The molecule has 2 aromatic rings. The monoisotopic (exact) mass is 460 g/mol. The van der Waals surface area contributed by atoms with Gasteiger partial charge in [0, 0.05) is 35.9 Å². The Hall–Kier alpha value is -1.85. The van der Waals surface area contributed by atoms with E-state index in [0.29, 0.717) is 24.7 Å². The summed E-state index contributed by atoms with van der Waals surface area (Å²) in [6.07, 6.45) is -0.134. The summed E-state index contributed by atoms with van der Waals surface area (Å²) in [5, 5.41) is 4.61. The summed E-state index contributed by atoms with van der Waals surface area (Å²) in [4.78, 5) is 5.80. The van der Waals surface area contributed by atoms with Crippen molar-refractivity contribution in [2.75, 3.05) is 23.1 Å². The van der Waals surface area contributed by atoms with Gasteiger partial charge in [-0.15, -0.1) is 11.3 Å². The number of hydrogen-bond donors (Lipinski definition) is 2. The van der Waals surface area contributed by atoms with E-state index in [1.807, 2.05) is 0 Å². The molecule has 4 rings (SSSR count). The lowest BCUT2D eigenvalue weighted by Gasteiger charge is -2.24. The summed E-state index contributed by atoms with van der Waals surface area (Å²) < 4.78 is 68.2. The van der Waals surface area contributed by atoms with Crippen LogP contribution in [-0.2, 0) is 16.2 Å². The molecule has 2 N–H and O–H groups in total. The van der Waals surface area contributed by atoms with Crippen molar-refractivity contribution in [3.63, 3.8) is 0 Å². The number of aromatic nitrogens is 1. The minimum Gasteiger partial charge on any atom is -0.384 e. The predicted octanol–water partition coefficient (Wildman–Crippen LogP) is 4.25. The first-order valence-electron chi connectivity index (χ1n) is 9.78. The average Bonchev–Trinajstić information content (AvgIpc) is 3.39. The largest absolute Gasteiger partial charge is 0.418 e. The second-order valence-electron chi connectivity index (χ2n) is 7.81. The van der Waals surface area contributed by atoms with Crippen LogP contribution in [0.3, 0.4) is 0 Å². The highest BCUT2D eigenvalue weighted by atomic mass is 32.2. The van der Waals surface area contributed by atoms with Crippen molar-refractivity contribution in [1.82, 2.24) is 9.88 Å². The molecule has 2 aliphatic rings. The van der Waals surface area contributed by atoms with Crippen molar-refractivity contribution in [3.8, 4) is 0 Å². The Kier molecular flexibility index (Phi) is 5.71. The molecule has 6 nitrogen and oxygen atoms in total. The molecule has 0 bridgehead atoms. The number of nitrogens with one attached hydrogen (secondary N) is 2. The van der Waals surface area contributed by atoms with Crippen LogP contribution in [0.5, 0.6) is 0 Å². The van der Waals surface area contributed by atoms with Gasteiger partial charge in [0.1, 0.15) is 0 Å². The highest BCUT2D eigenvalue weighted by molar-refractivity contribution is 7.93. The molecular weight excluding hydrogens is 437 g/mol.